The first-order valence-corrected chi connectivity index (χ1v) is 12.0. The molecule has 0 aliphatic carbocycles. The van der Waals surface area contributed by atoms with Gasteiger partial charge in [0, 0.05) is 11.4 Å². The van der Waals surface area contributed by atoms with Crippen molar-refractivity contribution >= 4 is 57.9 Å². The SMILES string of the molecule is COc1ccc(NC(=O)C(=O)N/N=C\c2cc(I)c(OCC(=O)Nc3ccccc3C)c(OC)c2)cc1. The first kappa shape index (κ1) is 27.5. The summed E-state index contributed by atoms with van der Waals surface area (Å²) in [7, 11) is 3.00. The van der Waals surface area contributed by atoms with E-state index in [4.69, 9.17) is 14.2 Å². The van der Waals surface area contributed by atoms with Crippen molar-refractivity contribution in [2.45, 2.75) is 6.92 Å². The zero-order chi connectivity index (χ0) is 26.8. The Morgan fingerprint density at radius 3 is 2.35 bits per heavy atom. The largest absolute Gasteiger partial charge is 0.497 e. The highest BCUT2D eigenvalue weighted by Crippen LogP contribution is 2.33. The normalized spacial score (nSPS) is 10.5. The number of hydrazone groups is 1. The van der Waals surface area contributed by atoms with E-state index in [0.29, 0.717) is 37.8 Å². The molecular weight excluding hydrogens is 591 g/mol. The van der Waals surface area contributed by atoms with Gasteiger partial charge >= 0.3 is 11.8 Å². The molecule has 10 nitrogen and oxygen atoms in total. The number of carbonyl (C=O) groups is 3. The van der Waals surface area contributed by atoms with Gasteiger partial charge in [0.25, 0.3) is 5.91 Å². The molecule has 37 heavy (non-hydrogen) atoms. The van der Waals surface area contributed by atoms with E-state index in [1.54, 1.807) is 36.4 Å². The summed E-state index contributed by atoms with van der Waals surface area (Å²) in [4.78, 5) is 36.5. The topological polar surface area (TPSA) is 127 Å². The van der Waals surface area contributed by atoms with Gasteiger partial charge in [-0.25, -0.2) is 5.43 Å². The van der Waals surface area contributed by atoms with Crippen LogP contribution in [0.15, 0.2) is 65.8 Å². The Hall–Kier alpha value is -4.13. The molecule has 3 rings (SSSR count). The Morgan fingerprint density at radius 2 is 1.68 bits per heavy atom. The van der Waals surface area contributed by atoms with Crippen LogP contribution in [0.2, 0.25) is 0 Å². The summed E-state index contributed by atoms with van der Waals surface area (Å²) in [6.07, 6.45) is 1.36. The van der Waals surface area contributed by atoms with Gasteiger partial charge in [0.2, 0.25) is 0 Å². The quantitative estimate of drug-likeness (QED) is 0.146. The molecule has 11 heteroatoms. The van der Waals surface area contributed by atoms with Crippen molar-refractivity contribution in [3.05, 3.63) is 75.4 Å². The fourth-order valence-corrected chi connectivity index (χ4v) is 3.85. The number of rotatable bonds is 9. The Bertz CT molecular complexity index is 1310. The second-order valence-electron chi connectivity index (χ2n) is 7.57. The first-order valence-electron chi connectivity index (χ1n) is 10.9. The number of methoxy groups -OCH3 is 2. The van der Waals surface area contributed by atoms with Gasteiger partial charge in [0.05, 0.1) is 24.0 Å². The highest BCUT2D eigenvalue weighted by atomic mass is 127. The molecule has 0 spiro atoms. The highest BCUT2D eigenvalue weighted by Gasteiger charge is 2.15. The predicted molar refractivity (Wildman–Crippen MR) is 148 cm³/mol. The van der Waals surface area contributed by atoms with E-state index >= 15 is 0 Å². The molecule has 0 atom stereocenters. The number of anilines is 2. The molecule has 0 fully saturated rings. The summed E-state index contributed by atoms with van der Waals surface area (Å²) in [6, 6.07) is 17.3. The van der Waals surface area contributed by atoms with Gasteiger partial charge < -0.3 is 24.8 Å². The van der Waals surface area contributed by atoms with E-state index in [9.17, 15) is 14.4 Å². The summed E-state index contributed by atoms with van der Waals surface area (Å²) < 4.78 is 16.8. The number of para-hydroxylation sites is 1. The summed E-state index contributed by atoms with van der Waals surface area (Å²) in [6.45, 7) is 1.69. The maximum atomic E-state index is 12.3. The highest BCUT2D eigenvalue weighted by molar-refractivity contribution is 14.1. The van der Waals surface area contributed by atoms with Crippen molar-refractivity contribution < 1.29 is 28.6 Å². The molecule has 3 aromatic rings. The van der Waals surface area contributed by atoms with E-state index in [0.717, 1.165) is 5.56 Å². The Morgan fingerprint density at radius 1 is 0.946 bits per heavy atom. The van der Waals surface area contributed by atoms with Crippen molar-refractivity contribution in [3.8, 4) is 17.2 Å². The molecule has 192 valence electrons. The lowest BCUT2D eigenvalue weighted by Gasteiger charge is -2.14. The minimum absolute atomic E-state index is 0.215. The molecule has 3 aromatic carbocycles. The molecule has 3 amide bonds. The lowest BCUT2D eigenvalue weighted by Crippen LogP contribution is -2.32. The number of hydrogen-bond acceptors (Lipinski definition) is 7. The lowest BCUT2D eigenvalue weighted by atomic mass is 10.2. The van der Waals surface area contributed by atoms with Gasteiger partial charge in [-0.3, -0.25) is 14.4 Å². The van der Waals surface area contributed by atoms with Gasteiger partial charge in [0.15, 0.2) is 18.1 Å². The first-order chi connectivity index (χ1) is 17.8. The average Bonchev–Trinajstić information content (AvgIpc) is 2.89. The maximum Gasteiger partial charge on any atom is 0.329 e. The fourth-order valence-electron chi connectivity index (χ4n) is 3.07. The second-order valence-corrected chi connectivity index (χ2v) is 8.73. The Kier molecular flexibility index (Phi) is 9.84. The Balaban J connectivity index is 1.57. The third-order valence-corrected chi connectivity index (χ3v) is 5.75. The number of benzene rings is 3. The molecule has 0 saturated carbocycles. The fraction of sp³-hybridized carbons (Fsp3) is 0.154. The van der Waals surface area contributed by atoms with Crippen molar-refractivity contribution in [2.75, 3.05) is 31.5 Å². The number of hydrogen-bond donors (Lipinski definition) is 3. The second kappa shape index (κ2) is 13.3. The van der Waals surface area contributed by atoms with Crippen LogP contribution in [0.5, 0.6) is 17.2 Å². The van der Waals surface area contributed by atoms with Crippen LogP contribution in [0.1, 0.15) is 11.1 Å². The van der Waals surface area contributed by atoms with Gasteiger partial charge in [-0.05, 0) is 83.1 Å². The molecule has 0 bridgehead atoms. The van der Waals surface area contributed by atoms with Crippen LogP contribution in [0.25, 0.3) is 0 Å². The smallest absolute Gasteiger partial charge is 0.329 e. The predicted octanol–water partition coefficient (Wildman–Crippen LogP) is 3.72. The zero-order valence-corrected chi connectivity index (χ0v) is 22.5. The number of ether oxygens (including phenoxy) is 3. The minimum Gasteiger partial charge on any atom is -0.497 e. The van der Waals surface area contributed by atoms with Crippen LogP contribution in [-0.4, -0.2) is 44.8 Å². The number of aryl methyl sites for hydroxylation is 1. The average molecular weight is 616 g/mol. The molecule has 0 radical (unpaired) electrons. The van der Waals surface area contributed by atoms with Crippen LogP contribution in [0.3, 0.4) is 0 Å². The Labute approximate surface area is 227 Å². The van der Waals surface area contributed by atoms with Crippen molar-refractivity contribution in [3.63, 3.8) is 0 Å². The van der Waals surface area contributed by atoms with E-state index in [1.807, 2.05) is 53.8 Å². The molecule has 0 aliphatic heterocycles. The zero-order valence-electron chi connectivity index (χ0n) is 20.3. The monoisotopic (exact) mass is 616 g/mol. The van der Waals surface area contributed by atoms with Crippen molar-refractivity contribution in [1.29, 1.82) is 0 Å². The molecular formula is C26H25IN4O6. The molecule has 0 aliphatic rings. The van der Waals surface area contributed by atoms with Gasteiger partial charge in [-0.1, -0.05) is 18.2 Å². The third-order valence-electron chi connectivity index (χ3n) is 4.95. The van der Waals surface area contributed by atoms with E-state index < -0.39 is 11.8 Å². The standard InChI is InChI=1S/C26H25IN4O6/c1-16-6-4-5-7-21(16)30-23(32)15-37-24-20(27)12-17(13-22(24)36-3)14-28-31-26(34)25(33)29-18-8-10-19(35-2)11-9-18/h4-14H,15H2,1-3H3,(H,29,33)(H,30,32)(H,31,34)/b28-14-. The number of halogens is 1. The molecule has 0 unspecified atom stereocenters. The number of carbonyl (C=O) groups excluding carboxylic acids is 3. The summed E-state index contributed by atoms with van der Waals surface area (Å²) in [5.74, 6) is -0.730. The number of nitrogens with zero attached hydrogens (tertiary/aromatic N) is 1. The molecule has 0 heterocycles. The molecule has 3 N–H and O–H groups in total. The van der Waals surface area contributed by atoms with Crippen LogP contribution >= 0.6 is 22.6 Å². The minimum atomic E-state index is -0.937. The maximum absolute atomic E-state index is 12.3. The summed E-state index contributed by atoms with van der Waals surface area (Å²) >= 11 is 2.05. The van der Waals surface area contributed by atoms with Crippen LogP contribution < -0.4 is 30.3 Å². The van der Waals surface area contributed by atoms with Gasteiger partial charge in [0.1, 0.15) is 5.75 Å². The summed E-state index contributed by atoms with van der Waals surface area (Å²) in [5.41, 5.74) is 4.85. The van der Waals surface area contributed by atoms with Crippen LogP contribution in [0.4, 0.5) is 11.4 Å². The van der Waals surface area contributed by atoms with Crippen molar-refractivity contribution in [1.82, 2.24) is 5.43 Å². The lowest BCUT2D eigenvalue weighted by molar-refractivity contribution is -0.136. The van der Waals surface area contributed by atoms with Gasteiger partial charge in [-0.2, -0.15) is 5.10 Å². The van der Waals surface area contributed by atoms with E-state index in [1.165, 1.54) is 20.4 Å². The third kappa shape index (κ3) is 7.93. The van der Waals surface area contributed by atoms with Crippen molar-refractivity contribution in [2.24, 2.45) is 5.10 Å². The van der Waals surface area contributed by atoms with Gasteiger partial charge in [-0.15, -0.1) is 0 Å². The summed E-state index contributed by atoms with van der Waals surface area (Å²) in [5, 5.41) is 9.11. The van der Waals surface area contributed by atoms with E-state index in [2.05, 4.69) is 21.2 Å². The van der Waals surface area contributed by atoms with Crippen LogP contribution in [-0.2, 0) is 14.4 Å². The number of nitrogens with one attached hydrogen (secondary N) is 3. The van der Waals surface area contributed by atoms with E-state index in [-0.39, 0.29) is 12.5 Å². The van der Waals surface area contributed by atoms with Crippen LogP contribution in [0, 0.1) is 10.5 Å². The molecule has 0 saturated heterocycles. The molecule has 0 aromatic heterocycles. The number of amides is 3.